The van der Waals surface area contributed by atoms with E-state index in [1.54, 1.807) is 76.5 Å². The van der Waals surface area contributed by atoms with Crippen LogP contribution in [0.3, 0.4) is 0 Å². The monoisotopic (exact) mass is 861 g/mol. The number of terminal acetylenes is 1. The first-order chi connectivity index (χ1) is 27.8. The van der Waals surface area contributed by atoms with Gasteiger partial charge in [0.25, 0.3) is 0 Å². The zero-order valence-electron chi connectivity index (χ0n) is 39.5. The van der Waals surface area contributed by atoms with E-state index in [1.807, 2.05) is 52.8 Å². The number of aliphatic hydroxyl groups excluding tert-OH is 4. The van der Waals surface area contributed by atoms with E-state index in [0.29, 0.717) is 25.1 Å². The van der Waals surface area contributed by atoms with Crippen LogP contribution < -0.4 is 0 Å². The minimum absolute atomic E-state index is 0.0174. The van der Waals surface area contributed by atoms with Gasteiger partial charge in [-0.15, -0.1) is 6.42 Å². The number of rotatable bonds is 16. The summed E-state index contributed by atoms with van der Waals surface area (Å²) in [6.07, 6.45) is -1.32. The lowest BCUT2D eigenvalue weighted by molar-refractivity contribution is -0.289. The van der Waals surface area contributed by atoms with E-state index >= 15 is 0 Å². The number of carbonyl (C=O) groups excluding carboxylic acids is 2. The zero-order chi connectivity index (χ0) is 46.9. The number of allylic oxidation sites excluding steroid dienone is 2. The number of esters is 1. The molecule has 0 aromatic rings. The Hall–Kier alpha value is -2.46. The van der Waals surface area contributed by atoms with Gasteiger partial charge in [-0.3, -0.25) is 0 Å². The van der Waals surface area contributed by atoms with Crippen LogP contribution in [0.2, 0.25) is 0 Å². The van der Waals surface area contributed by atoms with Crippen molar-refractivity contribution in [3.63, 3.8) is 0 Å². The molecule has 60 heavy (non-hydrogen) atoms. The Labute approximate surface area is 360 Å². The van der Waals surface area contributed by atoms with Gasteiger partial charge < -0.3 is 67.9 Å². The van der Waals surface area contributed by atoms with E-state index in [4.69, 9.17) is 44.3 Å². The van der Waals surface area contributed by atoms with Gasteiger partial charge in [0.1, 0.15) is 73.9 Å². The molecular weight excluding hydrogens is 780 g/mol. The SMILES string of the molecule is C#CCOC.CC.CC.COC1=CCC(C)(COC(=O)C2OC(C(C)(C)OC)C(O)C(O)[C@@H]2OC(C)(C)CCOC(C)(C)C2OC(C=O)[C@@H](OC(C)(C)C)C(O)C2O)C=C1. The topological polar surface area (TPSA) is 198 Å². The standard InChI is InChI=1S/C37H62O14.C4H6O.2C2H6/c1-33(2,3)50-27-22(19-38)48-31(25(41)23(27)39)36(8,9)47-18-17-34(4,5)51-28-24(40)26(42)30(35(6,7)45-12)49-29(28)32(43)46-20-37(10)15-13-21(44-11)14-16-37;1-3-4-5-2;2*1-2/h13-15,19,22-31,39-42H,16-18,20H2,1-12H3;1H,4H2,2H3;2*1-2H3/t22?,23?,24?,25?,26?,27-,28+,29?,30?,31?,37?;;;/m1.../s1. The van der Waals surface area contributed by atoms with E-state index < -0.39 is 94.8 Å². The molecule has 0 aromatic heterocycles. The highest BCUT2D eigenvalue weighted by atomic mass is 16.6. The predicted octanol–water partition coefficient (Wildman–Crippen LogP) is 4.48. The second-order valence-electron chi connectivity index (χ2n) is 17.4. The third-order valence-electron chi connectivity index (χ3n) is 10.0. The molecule has 2 heterocycles. The summed E-state index contributed by atoms with van der Waals surface area (Å²) in [5, 5.41) is 44.5. The molecule has 3 rings (SSSR count). The molecule has 0 saturated carbocycles. The first-order valence-electron chi connectivity index (χ1n) is 20.9. The highest BCUT2D eigenvalue weighted by Gasteiger charge is 2.55. The van der Waals surface area contributed by atoms with Gasteiger partial charge in [0, 0.05) is 19.6 Å². The Morgan fingerprint density at radius 2 is 1.42 bits per heavy atom. The normalized spacial score (nSPS) is 30.7. The molecule has 0 aromatic carbocycles. The molecule has 0 radical (unpaired) electrons. The minimum atomic E-state index is -1.56. The molecule has 2 aliphatic heterocycles. The largest absolute Gasteiger partial charge is 0.497 e. The van der Waals surface area contributed by atoms with Gasteiger partial charge in [0.15, 0.2) is 12.4 Å². The van der Waals surface area contributed by atoms with E-state index in [9.17, 15) is 30.0 Å². The number of aldehydes is 1. The van der Waals surface area contributed by atoms with Crippen molar-refractivity contribution >= 4 is 12.3 Å². The average Bonchev–Trinajstić information content (AvgIpc) is 3.19. The number of methoxy groups -OCH3 is 3. The summed E-state index contributed by atoms with van der Waals surface area (Å²) < 4.78 is 51.5. The predicted molar refractivity (Wildman–Crippen MR) is 228 cm³/mol. The second kappa shape index (κ2) is 25.6. The van der Waals surface area contributed by atoms with Crippen LogP contribution in [0.4, 0.5) is 0 Å². The van der Waals surface area contributed by atoms with Crippen molar-refractivity contribution in [3.8, 4) is 12.3 Å². The molecule has 1 aliphatic carbocycles. The van der Waals surface area contributed by atoms with E-state index in [2.05, 4.69) is 10.7 Å². The second-order valence-corrected chi connectivity index (χ2v) is 17.4. The first kappa shape index (κ1) is 57.5. The minimum Gasteiger partial charge on any atom is -0.497 e. The molecule has 3 aliphatic rings. The van der Waals surface area contributed by atoms with Gasteiger partial charge >= 0.3 is 5.97 Å². The summed E-state index contributed by atoms with van der Waals surface area (Å²) in [5.74, 6) is 2.24. The maximum absolute atomic E-state index is 13.7. The van der Waals surface area contributed by atoms with Crippen LogP contribution in [0.25, 0.3) is 0 Å². The van der Waals surface area contributed by atoms with Gasteiger partial charge in [0.2, 0.25) is 0 Å². The van der Waals surface area contributed by atoms with Crippen LogP contribution in [-0.4, -0.2) is 157 Å². The summed E-state index contributed by atoms with van der Waals surface area (Å²) in [6.45, 7) is 25.9. The van der Waals surface area contributed by atoms with Gasteiger partial charge in [0.05, 0.1) is 36.1 Å². The first-order valence-corrected chi connectivity index (χ1v) is 20.9. The number of aliphatic hydroxyl groups is 4. The molecule has 2 fully saturated rings. The molecule has 0 spiro atoms. The third kappa shape index (κ3) is 17.0. The fraction of sp³-hybridized carbons (Fsp3) is 0.822. The van der Waals surface area contributed by atoms with E-state index in [1.165, 1.54) is 7.11 Å². The zero-order valence-corrected chi connectivity index (χ0v) is 39.5. The summed E-state index contributed by atoms with van der Waals surface area (Å²) >= 11 is 0. The molecule has 9 unspecified atom stereocenters. The quantitative estimate of drug-likeness (QED) is 0.0963. The Kier molecular flexibility index (Phi) is 24.6. The van der Waals surface area contributed by atoms with Crippen LogP contribution in [0, 0.1) is 17.8 Å². The molecular formula is C45H80O15. The fourth-order valence-electron chi connectivity index (χ4n) is 6.49. The number of carbonyl (C=O) groups is 2. The van der Waals surface area contributed by atoms with Gasteiger partial charge in [-0.25, -0.2) is 4.79 Å². The maximum Gasteiger partial charge on any atom is 0.338 e. The van der Waals surface area contributed by atoms with Crippen molar-refractivity contribution in [3.05, 3.63) is 24.0 Å². The summed E-state index contributed by atoms with van der Waals surface area (Å²) in [6, 6.07) is 0. The Morgan fingerprint density at radius 1 is 0.867 bits per heavy atom. The molecule has 2 saturated heterocycles. The number of hydrogen-bond acceptors (Lipinski definition) is 15. The molecule has 0 bridgehead atoms. The molecule has 0 amide bonds. The molecule has 11 atom stereocenters. The van der Waals surface area contributed by atoms with E-state index in [-0.39, 0.29) is 19.6 Å². The van der Waals surface area contributed by atoms with Crippen molar-refractivity contribution in [2.45, 2.75) is 193 Å². The van der Waals surface area contributed by atoms with Crippen molar-refractivity contribution in [2.75, 3.05) is 41.2 Å². The van der Waals surface area contributed by atoms with Gasteiger partial charge in [-0.05, 0) is 87.3 Å². The highest BCUT2D eigenvalue weighted by molar-refractivity contribution is 5.76. The van der Waals surface area contributed by atoms with Crippen LogP contribution >= 0.6 is 0 Å². The lowest BCUT2D eigenvalue weighted by atomic mass is 9.84. The van der Waals surface area contributed by atoms with Crippen molar-refractivity contribution < 1.29 is 72.6 Å². The highest BCUT2D eigenvalue weighted by Crippen LogP contribution is 2.37. The Bertz CT molecular complexity index is 1360. The van der Waals surface area contributed by atoms with Crippen molar-refractivity contribution in [2.24, 2.45) is 5.41 Å². The van der Waals surface area contributed by atoms with Gasteiger partial charge in [-0.1, -0.05) is 46.6 Å². The summed E-state index contributed by atoms with van der Waals surface area (Å²) in [5.41, 5.74) is -4.55. The van der Waals surface area contributed by atoms with Crippen LogP contribution in [-0.2, 0) is 52.2 Å². The van der Waals surface area contributed by atoms with Crippen LogP contribution in [0.1, 0.15) is 110 Å². The molecule has 350 valence electrons. The third-order valence-corrected chi connectivity index (χ3v) is 10.0. The van der Waals surface area contributed by atoms with Crippen LogP contribution in [0.15, 0.2) is 24.0 Å². The molecule has 4 N–H and O–H groups in total. The summed E-state index contributed by atoms with van der Waals surface area (Å²) in [4.78, 5) is 25.6. The number of ether oxygens (including phenoxy) is 9. The molecule has 15 heteroatoms. The van der Waals surface area contributed by atoms with Gasteiger partial charge in [-0.2, -0.15) is 0 Å². The lowest BCUT2D eigenvalue weighted by Gasteiger charge is -2.48. The Morgan fingerprint density at radius 3 is 1.85 bits per heavy atom. The molecule has 15 nitrogen and oxygen atoms in total. The Balaban J connectivity index is 0.00000354. The lowest BCUT2D eigenvalue weighted by Crippen LogP contribution is -2.66. The average molecular weight is 861 g/mol. The smallest absolute Gasteiger partial charge is 0.338 e. The summed E-state index contributed by atoms with van der Waals surface area (Å²) in [7, 11) is 4.59. The maximum atomic E-state index is 13.7. The van der Waals surface area contributed by atoms with Crippen molar-refractivity contribution in [1.29, 1.82) is 0 Å². The number of hydrogen-bond donors (Lipinski definition) is 4. The van der Waals surface area contributed by atoms with Crippen LogP contribution in [0.5, 0.6) is 0 Å². The fourth-order valence-corrected chi connectivity index (χ4v) is 6.49. The van der Waals surface area contributed by atoms with E-state index in [0.717, 1.165) is 0 Å². The van der Waals surface area contributed by atoms with Crippen molar-refractivity contribution in [1.82, 2.24) is 0 Å².